The zero-order valence-corrected chi connectivity index (χ0v) is 14.7. The van der Waals surface area contributed by atoms with E-state index >= 15 is 0 Å². The molecule has 2 rings (SSSR count). The van der Waals surface area contributed by atoms with Crippen molar-refractivity contribution in [1.29, 1.82) is 0 Å². The zero-order valence-electron chi connectivity index (χ0n) is 13.9. The SMILES string of the molecule is CCCNc1cc(S(=O)(=O)NC2CCC(C)CC2)ccc1C. The van der Waals surface area contributed by atoms with Crippen molar-refractivity contribution in [3.05, 3.63) is 23.8 Å². The van der Waals surface area contributed by atoms with Gasteiger partial charge in [-0.3, -0.25) is 0 Å². The van der Waals surface area contributed by atoms with Crippen molar-refractivity contribution in [2.75, 3.05) is 11.9 Å². The van der Waals surface area contributed by atoms with Gasteiger partial charge in [-0.2, -0.15) is 0 Å². The number of hydrogen-bond acceptors (Lipinski definition) is 3. The van der Waals surface area contributed by atoms with E-state index in [2.05, 4.69) is 23.9 Å². The number of aryl methyl sites for hydroxylation is 1. The van der Waals surface area contributed by atoms with E-state index < -0.39 is 10.0 Å². The van der Waals surface area contributed by atoms with Gasteiger partial charge in [0, 0.05) is 18.3 Å². The third kappa shape index (κ3) is 4.46. The lowest BCUT2D eigenvalue weighted by Gasteiger charge is -2.26. The highest BCUT2D eigenvalue weighted by Crippen LogP contribution is 2.26. The van der Waals surface area contributed by atoms with E-state index in [0.29, 0.717) is 10.8 Å². The Labute approximate surface area is 134 Å². The molecule has 0 unspecified atom stereocenters. The van der Waals surface area contributed by atoms with Crippen LogP contribution in [0.1, 0.15) is 51.5 Å². The Hall–Kier alpha value is -1.07. The highest BCUT2D eigenvalue weighted by Gasteiger charge is 2.24. The summed E-state index contributed by atoms with van der Waals surface area (Å²) in [7, 11) is -3.43. The fraction of sp³-hybridized carbons (Fsp3) is 0.647. The van der Waals surface area contributed by atoms with E-state index in [0.717, 1.165) is 49.9 Å². The molecule has 0 radical (unpaired) electrons. The highest BCUT2D eigenvalue weighted by atomic mass is 32.2. The molecule has 0 aromatic heterocycles. The predicted octanol–water partition coefficient (Wildman–Crippen LogP) is 3.67. The number of sulfonamides is 1. The molecule has 0 atom stereocenters. The first-order chi connectivity index (χ1) is 10.4. The Morgan fingerprint density at radius 3 is 2.50 bits per heavy atom. The summed E-state index contributed by atoms with van der Waals surface area (Å²) in [6.45, 7) is 7.16. The summed E-state index contributed by atoms with van der Waals surface area (Å²) in [6, 6.07) is 5.39. The Bertz CT molecular complexity index is 591. The van der Waals surface area contributed by atoms with Gasteiger partial charge in [0.15, 0.2) is 0 Å². The maximum atomic E-state index is 12.6. The smallest absolute Gasteiger partial charge is 0.240 e. The van der Waals surface area contributed by atoms with Gasteiger partial charge >= 0.3 is 0 Å². The van der Waals surface area contributed by atoms with Crippen LogP contribution in [0.3, 0.4) is 0 Å². The number of anilines is 1. The normalized spacial score (nSPS) is 22.5. The van der Waals surface area contributed by atoms with Crippen LogP contribution in [0, 0.1) is 12.8 Å². The van der Waals surface area contributed by atoms with Gasteiger partial charge in [-0.05, 0) is 62.6 Å². The van der Waals surface area contributed by atoms with Crippen LogP contribution in [-0.2, 0) is 10.0 Å². The standard InChI is InChI=1S/C17H28N2O2S/c1-4-11-18-17-12-16(10-7-14(17)3)22(20,21)19-15-8-5-13(2)6-9-15/h7,10,12-13,15,18-19H,4-6,8-9,11H2,1-3H3. The first-order valence-electron chi connectivity index (χ1n) is 8.29. The molecule has 1 saturated carbocycles. The van der Waals surface area contributed by atoms with Crippen molar-refractivity contribution in [1.82, 2.24) is 4.72 Å². The molecular formula is C17H28N2O2S. The molecule has 1 fully saturated rings. The minimum atomic E-state index is -3.43. The largest absolute Gasteiger partial charge is 0.385 e. The van der Waals surface area contributed by atoms with Crippen molar-refractivity contribution < 1.29 is 8.42 Å². The van der Waals surface area contributed by atoms with Crippen LogP contribution in [0.25, 0.3) is 0 Å². The molecular weight excluding hydrogens is 296 g/mol. The Morgan fingerprint density at radius 2 is 1.86 bits per heavy atom. The van der Waals surface area contributed by atoms with Gasteiger partial charge < -0.3 is 5.32 Å². The second-order valence-corrected chi connectivity index (χ2v) is 8.20. The number of benzene rings is 1. The van der Waals surface area contributed by atoms with Gasteiger partial charge in [0.2, 0.25) is 10.0 Å². The van der Waals surface area contributed by atoms with Crippen LogP contribution in [0.15, 0.2) is 23.1 Å². The van der Waals surface area contributed by atoms with E-state index in [1.165, 1.54) is 0 Å². The Balaban J connectivity index is 2.11. The summed E-state index contributed by atoms with van der Waals surface area (Å²) in [5.41, 5.74) is 1.97. The Morgan fingerprint density at radius 1 is 1.18 bits per heavy atom. The molecule has 1 aromatic carbocycles. The number of nitrogens with one attached hydrogen (secondary N) is 2. The summed E-state index contributed by atoms with van der Waals surface area (Å²) in [5, 5.41) is 3.29. The van der Waals surface area contributed by atoms with Gasteiger partial charge in [0.1, 0.15) is 0 Å². The lowest BCUT2D eigenvalue weighted by atomic mass is 9.88. The molecule has 0 spiro atoms. The topological polar surface area (TPSA) is 58.2 Å². The maximum absolute atomic E-state index is 12.6. The number of rotatable bonds is 6. The average Bonchev–Trinajstić information content (AvgIpc) is 2.48. The van der Waals surface area contributed by atoms with Gasteiger partial charge in [0.05, 0.1) is 4.90 Å². The van der Waals surface area contributed by atoms with E-state index in [-0.39, 0.29) is 6.04 Å². The molecule has 4 nitrogen and oxygen atoms in total. The molecule has 124 valence electrons. The lowest BCUT2D eigenvalue weighted by molar-refractivity contribution is 0.332. The Kier molecular flexibility index (Phi) is 5.87. The molecule has 1 aliphatic rings. The monoisotopic (exact) mass is 324 g/mol. The number of hydrogen-bond donors (Lipinski definition) is 2. The van der Waals surface area contributed by atoms with Crippen molar-refractivity contribution in [2.24, 2.45) is 5.92 Å². The van der Waals surface area contributed by atoms with Crippen LogP contribution in [-0.4, -0.2) is 21.0 Å². The quantitative estimate of drug-likeness (QED) is 0.839. The first kappa shape index (κ1) is 17.3. The maximum Gasteiger partial charge on any atom is 0.240 e. The second kappa shape index (κ2) is 7.47. The molecule has 1 aliphatic carbocycles. The van der Waals surface area contributed by atoms with Gasteiger partial charge in [-0.25, -0.2) is 13.1 Å². The fourth-order valence-corrected chi connectivity index (χ4v) is 4.21. The van der Waals surface area contributed by atoms with Gasteiger partial charge in [-0.15, -0.1) is 0 Å². The van der Waals surface area contributed by atoms with Crippen molar-refractivity contribution in [2.45, 2.75) is 63.8 Å². The first-order valence-corrected chi connectivity index (χ1v) is 9.77. The van der Waals surface area contributed by atoms with Crippen LogP contribution < -0.4 is 10.0 Å². The molecule has 0 aliphatic heterocycles. The summed E-state index contributed by atoms with van der Waals surface area (Å²) < 4.78 is 28.0. The van der Waals surface area contributed by atoms with E-state index in [1.54, 1.807) is 12.1 Å². The molecule has 0 bridgehead atoms. The molecule has 0 saturated heterocycles. The van der Waals surface area contributed by atoms with Gasteiger partial charge in [0.25, 0.3) is 0 Å². The van der Waals surface area contributed by atoms with E-state index in [1.807, 2.05) is 13.0 Å². The summed E-state index contributed by atoms with van der Waals surface area (Å²) in [4.78, 5) is 0.357. The molecule has 0 heterocycles. The van der Waals surface area contributed by atoms with Crippen molar-refractivity contribution >= 4 is 15.7 Å². The minimum absolute atomic E-state index is 0.0783. The molecule has 5 heteroatoms. The predicted molar refractivity (Wildman–Crippen MR) is 91.7 cm³/mol. The van der Waals surface area contributed by atoms with Crippen LogP contribution >= 0.6 is 0 Å². The van der Waals surface area contributed by atoms with Crippen molar-refractivity contribution in [3.8, 4) is 0 Å². The molecule has 22 heavy (non-hydrogen) atoms. The van der Waals surface area contributed by atoms with Crippen molar-refractivity contribution in [3.63, 3.8) is 0 Å². The molecule has 1 aromatic rings. The van der Waals surface area contributed by atoms with Crippen LogP contribution in [0.5, 0.6) is 0 Å². The zero-order chi connectivity index (χ0) is 16.2. The third-order valence-electron chi connectivity index (χ3n) is 4.42. The highest BCUT2D eigenvalue weighted by molar-refractivity contribution is 7.89. The molecule has 2 N–H and O–H groups in total. The second-order valence-electron chi connectivity index (χ2n) is 6.48. The summed E-state index contributed by atoms with van der Waals surface area (Å²) >= 11 is 0. The lowest BCUT2D eigenvalue weighted by Crippen LogP contribution is -2.37. The fourth-order valence-electron chi connectivity index (χ4n) is 2.88. The third-order valence-corrected chi connectivity index (χ3v) is 5.94. The van der Waals surface area contributed by atoms with E-state index in [4.69, 9.17) is 0 Å². The van der Waals surface area contributed by atoms with E-state index in [9.17, 15) is 8.42 Å². The average molecular weight is 324 g/mol. The summed E-state index contributed by atoms with van der Waals surface area (Å²) in [6.07, 6.45) is 5.09. The van der Waals surface area contributed by atoms with Crippen LogP contribution in [0.4, 0.5) is 5.69 Å². The minimum Gasteiger partial charge on any atom is -0.385 e. The van der Waals surface area contributed by atoms with Gasteiger partial charge in [-0.1, -0.05) is 19.9 Å². The van der Waals surface area contributed by atoms with Crippen LogP contribution in [0.2, 0.25) is 0 Å². The molecule has 0 amide bonds. The summed E-state index contributed by atoms with van der Waals surface area (Å²) in [5.74, 6) is 0.713.